The first kappa shape index (κ1) is 40.6. The maximum atomic E-state index is 15.3. The summed E-state index contributed by atoms with van der Waals surface area (Å²) in [5.74, 6) is -2.06. The summed E-state index contributed by atoms with van der Waals surface area (Å²) in [6, 6.07) is 9.97. The standard InChI is InChI=1S/C46H56N4O10/c1-7-42(55)22-28-23-45(40(53)58-5,36-30(14-18-48(24-28)25-42)29-12-9-10-13-33(29)47-36)32-20-31-34(21-35(32)57-4)50(26-51)38-44(31)16-19-49-17-11-15-43(8-2,37(44)49)39(60-27(3)52)46(38,56)41(54)59-6/h9-13,15,20-21,26,28,37-39,47,55-56H,7-8,14,16-19,22-25H2,1-6H3/t28-,37?,38?,39-,42+,43-,44?,45+,46+/m1/s1. The third kappa shape index (κ3) is 5.19. The molecule has 1 amide bonds. The highest BCUT2D eigenvalue weighted by molar-refractivity contribution is 5.96. The van der Waals surface area contributed by atoms with Gasteiger partial charge in [0.15, 0.2) is 6.10 Å². The molecule has 3 fully saturated rings. The van der Waals surface area contributed by atoms with Crippen molar-refractivity contribution in [1.82, 2.24) is 14.8 Å². The van der Waals surface area contributed by atoms with Gasteiger partial charge < -0.3 is 39.0 Å². The van der Waals surface area contributed by atoms with Crippen LogP contribution in [0.1, 0.15) is 75.3 Å². The number of esters is 3. The van der Waals surface area contributed by atoms with Crippen molar-refractivity contribution in [2.75, 3.05) is 59.0 Å². The molecule has 2 saturated heterocycles. The average molecular weight is 825 g/mol. The van der Waals surface area contributed by atoms with Gasteiger partial charge in [0.2, 0.25) is 12.0 Å². The highest BCUT2D eigenvalue weighted by Crippen LogP contribution is 2.68. The lowest BCUT2D eigenvalue weighted by Crippen LogP contribution is -2.81. The number of hydrogen-bond acceptors (Lipinski definition) is 12. The molecule has 1 aromatic heterocycles. The van der Waals surface area contributed by atoms with Crippen molar-refractivity contribution >= 4 is 40.9 Å². The number of carbonyl (C=O) groups is 4. The van der Waals surface area contributed by atoms with Crippen LogP contribution in [0, 0.1) is 11.3 Å². The van der Waals surface area contributed by atoms with E-state index in [2.05, 4.69) is 20.9 Å². The highest BCUT2D eigenvalue weighted by atomic mass is 16.6. The molecule has 14 nitrogen and oxygen atoms in total. The van der Waals surface area contributed by atoms with Gasteiger partial charge in [-0.25, -0.2) is 4.79 Å². The largest absolute Gasteiger partial charge is 0.496 e. The molecule has 60 heavy (non-hydrogen) atoms. The van der Waals surface area contributed by atoms with Crippen molar-refractivity contribution in [2.45, 2.75) is 99.5 Å². The van der Waals surface area contributed by atoms with Gasteiger partial charge in [0.25, 0.3) is 0 Å². The molecule has 2 aromatic carbocycles. The van der Waals surface area contributed by atoms with Crippen molar-refractivity contribution in [3.63, 3.8) is 0 Å². The molecule has 1 spiro atoms. The Kier molecular flexibility index (Phi) is 9.58. The predicted octanol–water partition coefficient (Wildman–Crippen LogP) is 3.52. The molecule has 0 radical (unpaired) electrons. The molecule has 9 rings (SSSR count). The van der Waals surface area contributed by atoms with Gasteiger partial charge in [0.05, 0.1) is 38.7 Å². The minimum atomic E-state index is -2.53. The quantitative estimate of drug-likeness (QED) is 0.131. The van der Waals surface area contributed by atoms with Gasteiger partial charge in [0.1, 0.15) is 11.2 Å². The Morgan fingerprint density at radius 1 is 0.967 bits per heavy atom. The van der Waals surface area contributed by atoms with Crippen molar-refractivity contribution < 1.29 is 48.3 Å². The molecule has 14 heteroatoms. The molecule has 3 aromatic rings. The van der Waals surface area contributed by atoms with Crippen LogP contribution in [0.3, 0.4) is 0 Å². The summed E-state index contributed by atoms with van der Waals surface area (Å²) >= 11 is 0. The van der Waals surface area contributed by atoms with Gasteiger partial charge >= 0.3 is 17.9 Å². The summed E-state index contributed by atoms with van der Waals surface area (Å²) < 4.78 is 23.7. The first-order valence-corrected chi connectivity index (χ1v) is 21.3. The number of hydrogen-bond donors (Lipinski definition) is 3. The number of ether oxygens (including phenoxy) is 4. The van der Waals surface area contributed by atoms with Crippen LogP contribution in [-0.4, -0.2) is 133 Å². The molecule has 6 aliphatic rings. The van der Waals surface area contributed by atoms with Crippen molar-refractivity contribution in [3.8, 4) is 5.75 Å². The number of amides is 1. The number of benzene rings is 2. The molecular formula is C46H56N4O10. The van der Waals surface area contributed by atoms with Crippen LogP contribution in [0.2, 0.25) is 0 Å². The molecule has 4 unspecified atom stereocenters. The van der Waals surface area contributed by atoms with Crippen LogP contribution in [0.4, 0.5) is 5.69 Å². The van der Waals surface area contributed by atoms with E-state index in [0.29, 0.717) is 99.5 Å². The number of anilines is 1. The molecule has 10 atom stereocenters. The Morgan fingerprint density at radius 3 is 2.42 bits per heavy atom. The van der Waals surface area contributed by atoms with Crippen molar-refractivity contribution in [1.29, 1.82) is 0 Å². The second-order valence-electron chi connectivity index (χ2n) is 18.1. The zero-order chi connectivity index (χ0) is 42.6. The van der Waals surface area contributed by atoms with E-state index in [1.165, 1.54) is 33.2 Å². The first-order valence-electron chi connectivity index (χ1n) is 21.3. The zero-order valence-electron chi connectivity index (χ0n) is 35.3. The van der Waals surface area contributed by atoms with Crippen LogP contribution >= 0.6 is 0 Å². The van der Waals surface area contributed by atoms with Crippen LogP contribution in [-0.2, 0) is 50.6 Å². The van der Waals surface area contributed by atoms with Gasteiger partial charge in [-0.05, 0) is 74.2 Å². The number of carbonyl (C=O) groups excluding carboxylic acids is 4. The lowest BCUT2D eigenvalue weighted by atomic mass is 9.47. The number of aliphatic hydroxyl groups is 2. The van der Waals surface area contributed by atoms with E-state index >= 15 is 4.79 Å². The maximum absolute atomic E-state index is 15.3. The van der Waals surface area contributed by atoms with Gasteiger partial charge in [0, 0.05) is 78.2 Å². The fourth-order valence-electron chi connectivity index (χ4n) is 13.4. The Bertz CT molecular complexity index is 2310. The number of aromatic nitrogens is 1. The number of rotatable bonds is 8. The Hall–Kier alpha value is -4.76. The number of aromatic amines is 1. The summed E-state index contributed by atoms with van der Waals surface area (Å²) in [5.41, 5.74) is -3.15. The van der Waals surface area contributed by atoms with Crippen LogP contribution in [0.25, 0.3) is 10.9 Å². The third-order valence-electron chi connectivity index (χ3n) is 15.5. The fraction of sp³-hybridized carbons (Fsp3) is 0.565. The topological polar surface area (TPSA) is 171 Å². The summed E-state index contributed by atoms with van der Waals surface area (Å²) in [6.07, 6.45) is 5.83. The van der Waals surface area contributed by atoms with Crippen molar-refractivity contribution in [3.05, 3.63) is 70.9 Å². The smallest absolute Gasteiger partial charge is 0.344 e. The summed E-state index contributed by atoms with van der Waals surface area (Å²) in [7, 11) is 4.09. The number of H-pyrrole nitrogens is 1. The predicted molar refractivity (Wildman–Crippen MR) is 221 cm³/mol. The highest BCUT2D eigenvalue weighted by Gasteiger charge is 2.81. The fourth-order valence-corrected chi connectivity index (χ4v) is 13.4. The normalized spacial score (nSPS) is 36.5. The van der Waals surface area contributed by atoms with E-state index in [4.69, 9.17) is 18.9 Å². The van der Waals surface area contributed by atoms with Crippen LogP contribution in [0.15, 0.2) is 48.6 Å². The number of nitrogens with zero attached hydrogens (tertiary/aromatic N) is 3. The number of methoxy groups -OCH3 is 3. The number of para-hydroxylation sites is 1. The summed E-state index contributed by atoms with van der Waals surface area (Å²) in [5, 5.41) is 26.3. The number of nitrogens with one attached hydrogen (secondary N) is 1. The van der Waals surface area contributed by atoms with Gasteiger partial charge in [-0.1, -0.05) is 44.2 Å². The van der Waals surface area contributed by atoms with E-state index in [1.807, 2.05) is 50.3 Å². The Labute approximate surface area is 349 Å². The summed E-state index contributed by atoms with van der Waals surface area (Å²) in [4.78, 5) is 66.1. The van der Waals surface area contributed by atoms with E-state index in [9.17, 15) is 24.6 Å². The Morgan fingerprint density at radius 2 is 1.73 bits per heavy atom. The van der Waals surface area contributed by atoms with Gasteiger partial charge in [-0.3, -0.25) is 24.2 Å². The minimum Gasteiger partial charge on any atom is -0.496 e. The average Bonchev–Trinajstić information content (AvgIpc) is 3.92. The number of fused-ring (bicyclic) bond motifs is 6. The maximum Gasteiger partial charge on any atom is 0.344 e. The molecule has 6 heterocycles. The zero-order valence-corrected chi connectivity index (χ0v) is 35.3. The van der Waals surface area contributed by atoms with E-state index in [1.54, 1.807) is 6.07 Å². The Balaban J connectivity index is 1.38. The van der Waals surface area contributed by atoms with Crippen molar-refractivity contribution in [2.24, 2.45) is 11.3 Å². The summed E-state index contributed by atoms with van der Waals surface area (Å²) in [6.45, 7) is 8.16. The first-order chi connectivity index (χ1) is 28.8. The molecule has 1 aliphatic carbocycles. The lowest BCUT2D eigenvalue weighted by molar-refractivity contribution is -0.228. The van der Waals surface area contributed by atoms with Crippen LogP contribution in [0.5, 0.6) is 5.75 Å². The van der Waals surface area contributed by atoms with Gasteiger partial charge in [-0.2, -0.15) is 0 Å². The van der Waals surface area contributed by atoms with Crippen LogP contribution < -0.4 is 9.64 Å². The minimum absolute atomic E-state index is 0.155. The van der Waals surface area contributed by atoms with Gasteiger partial charge in [-0.15, -0.1) is 0 Å². The molecule has 320 valence electrons. The molecule has 5 aliphatic heterocycles. The molecular weight excluding hydrogens is 769 g/mol. The monoisotopic (exact) mass is 824 g/mol. The molecule has 2 bridgehead atoms. The second kappa shape index (κ2) is 14.1. The SMILES string of the molecule is CC[C@]1(O)C[C@H]2CN(CCc3c([nH]c4ccccc34)[C@@](C(=O)OC)(c3cc4c(cc3OC)N(C=O)C3C45CCN4CC=C[C@](CC)(C45)[C@@H](OC(C)=O)[C@]3(O)C(=O)OC)C2)C1. The number of piperidine rings is 1. The third-order valence-corrected chi connectivity index (χ3v) is 15.5. The molecule has 1 saturated carbocycles. The molecule has 3 N–H and O–H groups in total. The van der Waals surface area contributed by atoms with E-state index < -0.39 is 63.5 Å². The van der Waals surface area contributed by atoms with E-state index in [-0.39, 0.29) is 12.3 Å². The van der Waals surface area contributed by atoms with E-state index in [0.717, 1.165) is 16.5 Å². The lowest BCUT2D eigenvalue weighted by Gasteiger charge is -2.63. The second-order valence-corrected chi connectivity index (χ2v) is 18.1.